The minimum Gasteiger partial charge on any atom is -0.378 e. The average molecular weight is 242 g/mol. The van der Waals surface area contributed by atoms with Crippen molar-refractivity contribution in [3.63, 3.8) is 0 Å². The van der Waals surface area contributed by atoms with Crippen molar-refractivity contribution in [1.29, 1.82) is 0 Å². The van der Waals surface area contributed by atoms with Gasteiger partial charge in [0.05, 0.1) is 6.10 Å². The molecular formula is C14H30N2O. The predicted molar refractivity (Wildman–Crippen MR) is 73.2 cm³/mol. The maximum Gasteiger partial charge on any atom is 0.0576 e. The third-order valence-corrected chi connectivity index (χ3v) is 4.63. The zero-order valence-electron chi connectivity index (χ0n) is 12.0. The van der Waals surface area contributed by atoms with Gasteiger partial charge in [-0.25, -0.2) is 0 Å². The molecule has 0 amide bonds. The molecule has 0 saturated carbocycles. The van der Waals surface area contributed by atoms with Gasteiger partial charge in [0.2, 0.25) is 0 Å². The number of hydrogen-bond acceptors (Lipinski definition) is 3. The molecule has 3 nitrogen and oxygen atoms in total. The van der Waals surface area contributed by atoms with Crippen molar-refractivity contribution in [3.8, 4) is 0 Å². The molecule has 3 heteroatoms. The van der Waals surface area contributed by atoms with Gasteiger partial charge in [0.15, 0.2) is 0 Å². The molecule has 2 atom stereocenters. The van der Waals surface area contributed by atoms with E-state index in [1.54, 1.807) is 0 Å². The van der Waals surface area contributed by atoms with E-state index in [4.69, 9.17) is 10.5 Å². The van der Waals surface area contributed by atoms with Crippen LogP contribution in [0.3, 0.4) is 0 Å². The SMILES string of the molecule is CCC(CC)(C(N)CCC1CCCO1)N(C)C. The highest BCUT2D eigenvalue weighted by Crippen LogP contribution is 2.28. The standard InChI is InChI=1S/C14H30N2O/c1-5-14(6-2,16(3)4)13(15)10-9-12-8-7-11-17-12/h12-13H,5-11,15H2,1-4H3. The van der Waals surface area contributed by atoms with Gasteiger partial charge < -0.3 is 15.4 Å². The Hall–Kier alpha value is -0.120. The molecule has 0 spiro atoms. The van der Waals surface area contributed by atoms with E-state index in [1.165, 1.54) is 12.8 Å². The average Bonchev–Trinajstić information content (AvgIpc) is 2.81. The first-order chi connectivity index (χ1) is 8.06. The number of ether oxygens (including phenoxy) is 1. The highest BCUT2D eigenvalue weighted by molar-refractivity contribution is 4.95. The first-order valence-corrected chi connectivity index (χ1v) is 7.11. The largest absolute Gasteiger partial charge is 0.378 e. The summed E-state index contributed by atoms with van der Waals surface area (Å²) in [4.78, 5) is 2.31. The summed E-state index contributed by atoms with van der Waals surface area (Å²) in [5.41, 5.74) is 6.61. The highest BCUT2D eigenvalue weighted by Gasteiger charge is 2.35. The second kappa shape index (κ2) is 6.72. The molecule has 1 heterocycles. The van der Waals surface area contributed by atoms with Crippen LogP contribution in [-0.2, 0) is 4.74 Å². The van der Waals surface area contributed by atoms with E-state index < -0.39 is 0 Å². The van der Waals surface area contributed by atoms with Gasteiger partial charge in [-0.2, -0.15) is 0 Å². The molecule has 1 rings (SSSR count). The van der Waals surface area contributed by atoms with Crippen molar-refractivity contribution in [2.45, 2.75) is 70.1 Å². The van der Waals surface area contributed by atoms with Crippen LogP contribution in [0.25, 0.3) is 0 Å². The second-order valence-electron chi connectivity index (χ2n) is 5.52. The van der Waals surface area contributed by atoms with Crippen LogP contribution < -0.4 is 5.73 Å². The Morgan fingerprint density at radius 1 is 1.35 bits per heavy atom. The van der Waals surface area contributed by atoms with Crippen molar-refractivity contribution in [1.82, 2.24) is 4.90 Å². The molecule has 1 fully saturated rings. The molecule has 0 aromatic carbocycles. The lowest BCUT2D eigenvalue weighted by atomic mass is 9.81. The third kappa shape index (κ3) is 3.43. The van der Waals surface area contributed by atoms with Crippen molar-refractivity contribution in [2.24, 2.45) is 5.73 Å². The van der Waals surface area contributed by atoms with Gasteiger partial charge in [0.1, 0.15) is 0 Å². The summed E-state index contributed by atoms with van der Waals surface area (Å²) in [6, 6.07) is 0.247. The summed E-state index contributed by atoms with van der Waals surface area (Å²) in [5.74, 6) is 0. The summed E-state index contributed by atoms with van der Waals surface area (Å²) in [6.07, 6.45) is 7.34. The molecule has 2 N–H and O–H groups in total. The van der Waals surface area contributed by atoms with E-state index >= 15 is 0 Å². The van der Waals surface area contributed by atoms with Gasteiger partial charge >= 0.3 is 0 Å². The Bertz CT molecular complexity index is 208. The summed E-state index contributed by atoms with van der Waals surface area (Å²) in [6.45, 7) is 5.44. The molecule has 1 aliphatic heterocycles. The Morgan fingerprint density at radius 2 is 2.00 bits per heavy atom. The number of rotatable bonds is 7. The van der Waals surface area contributed by atoms with E-state index in [1.807, 2.05) is 0 Å². The molecule has 0 aliphatic carbocycles. The Labute approximate surface area is 107 Å². The fourth-order valence-corrected chi connectivity index (χ4v) is 3.24. The maximum absolute atomic E-state index is 6.46. The number of likely N-dealkylation sites (N-methyl/N-ethyl adjacent to an activating group) is 1. The molecule has 0 bridgehead atoms. The number of nitrogens with zero attached hydrogens (tertiary/aromatic N) is 1. The highest BCUT2D eigenvalue weighted by atomic mass is 16.5. The van der Waals surface area contributed by atoms with Crippen LogP contribution in [0.2, 0.25) is 0 Å². The lowest BCUT2D eigenvalue weighted by molar-refractivity contribution is 0.0739. The smallest absolute Gasteiger partial charge is 0.0576 e. The van der Waals surface area contributed by atoms with E-state index in [9.17, 15) is 0 Å². The monoisotopic (exact) mass is 242 g/mol. The van der Waals surface area contributed by atoms with Crippen molar-refractivity contribution in [2.75, 3.05) is 20.7 Å². The second-order valence-corrected chi connectivity index (χ2v) is 5.52. The number of nitrogens with two attached hydrogens (primary N) is 1. The topological polar surface area (TPSA) is 38.5 Å². The van der Waals surface area contributed by atoms with E-state index in [0.717, 1.165) is 32.3 Å². The van der Waals surface area contributed by atoms with Gasteiger partial charge in [0, 0.05) is 18.2 Å². The molecule has 0 aromatic heterocycles. The number of hydrogen-bond donors (Lipinski definition) is 1. The van der Waals surface area contributed by atoms with E-state index in [2.05, 4.69) is 32.8 Å². The Balaban J connectivity index is 2.49. The first-order valence-electron chi connectivity index (χ1n) is 7.11. The van der Waals surface area contributed by atoms with Crippen LogP contribution in [0.5, 0.6) is 0 Å². The fraction of sp³-hybridized carbons (Fsp3) is 1.00. The van der Waals surface area contributed by atoms with Gasteiger partial charge in [0.25, 0.3) is 0 Å². The van der Waals surface area contributed by atoms with Crippen LogP contribution in [0, 0.1) is 0 Å². The zero-order valence-corrected chi connectivity index (χ0v) is 12.0. The lowest BCUT2D eigenvalue weighted by Gasteiger charge is -2.43. The van der Waals surface area contributed by atoms with Crippen molar-refractivity contribution < 1.29 is 4.74 Å². The quantitative estimate of drug-likeness (QED) is 0.745. The van der Waals surface area contributed by atoms with Crippen LogP contribution in [0.4, 0.5) is 0 Å². The molecule has 17 heavy (non-hydrogen) atoms. The normalized spacial score (nSPS) is 23.3. The van der Waals surface area contributed by atoms with Crippen LogP contribution in [0.1, 0.15) is 52.4 Å². The Morgan fingerprint density at radius 3 is 2.41 bits per heavy atom. The molecule has 102 valence electrons. The van der Waals surface area contributed by atoms with Gasteiger partial charge in [-0.15, -0.1) is 0 Å². The first kappa shape index (κ1) is 14.9. The zero-order chi connectivity index (χ0) is 12.9. The summed E-state index contributed by atoms with van der Waals surface area (Å²) < 4.78 is 5.67. The Kier molecular flexibility index (Phi) is 5.90. The summed E-state index contributed by atoms with van der Waals surface area (Å²) >= 11 is 0. The summed E-state index contributed by atoms with van der Waals surface area (Å²) in [5, 5.41) is 0. The molecule has 1 saturated heterocycles. The third-order valence-electron chi connectivity index (χ3n) is 4.63. The predicted octanol–water partition coefficient (Wildman–Crippen LogP) is 2.39. The summed E-state index contributed by atoms with van der Waals surface area (Å²) in [7, 11) is 4.30. The van der Waals surface area contributed by atoms with Crippen LogP contribution >= 0.6 is 0 Å². The molecule has 0 aromatic rings. The van der Waals surface area contributed by atoms with E-state index in [-0.39, 0.29) is 11.6 Å². The van der Waals surface area contributed by atoms with Crippen molar-refractivity contribution in [3.05, 3.63) is 0 Å². The molecule has 0 radical (unpaired) electrons. The van der Waals surface area contributed by atoms with Crippen LogP contribution in [-0.4, -0.2) is 43.3 Å². The molecule has 2 unspecified atom stereocenters. The maximum atomic E-state index is 6.46. The molecular weight excluding hydrogens is 212 g/mol. The van der Waals surface area contributed by atoms with Gasteiger partial charge in [-0.05, 0) is 52.6 Å². The molecule has 1 aliphatic rings. The van der Waals surface area contributed by atoms with Crippen molar-refractivity contribution >= 4 is 0 Å². The minimum absolute atomic E-state index is 0.151. The fourth-order valence-electron chi connectivity index (χ4n) is 3.24. The van der Waals surface area contributed by atoms with Crippen LogP contribution in [0.15, 0.2) is 0 Å². The lowest BCUT2D eigenvalue weighted by Crippen LogP contribution is -2.56. The van der Waals surface area contributed by atoms with Gasteiger partial charge in [-0.3, -0.25) is 0 Å². The minimum atomic E-state index is 0.151. The van der Waals surface area contributed by atoms with Gasteiger partial charge in [-0.1, -0.05) is 13.8 Å². The van der Waals surface area contributed by atoms with E-state index in [0.29, 0.717) is 6.10 Å².